The maximum absolute atomic E-state index is 12.9. The van der Waals surface area contributed by atoms with Crippen molar-refractivity contribution in [1.29, 1.82) is 0 Å². The zero-order valence-corrected chi connectivity index (χ0v) is 49.1. The van der Waals surface area contributed by atoms with E-state index in [0.717, 1.165) is 128 Å². The standard InChI is InChI=1S/C64H109O11P/c1-4-7-10-13-16-19-22-25-27-29-30-32-34-37-40-43-46-49-52-55-64(68)75-61(57-71-62(66)53-50-47-44-41-38-35-24-21-18-15-12-9-6-3)59-73-76(69,70)72-58-60(56-65)74-63(67)54-51-48-45-42-39-36-33-31-28-26-23-20-17-14-11-8-5-2/h9,12,16-21,25-28,30,32,35,38,60-61,65H,4-8,10-11,13-15,22-24,29,31,33-34,36-37,39-59H2,1-3H3,(H,69,70)/b12-9-,19-16-,20-17-,21-18-,27-25-,28-26-,32-30-,38-35-. The second-order valence-corrected chi connectivity index (χ2v) is 21.2. The molecular weight excluding hydrogens is 976 g/mol. The largest absolute Gasteiger partial charge is 0.472 e. The summed E-state index contributed by atoms with van der Waals surface area (Å²) < 4.78 is 39.5. The van der Waals surface area contributed by atoms with E-state index in [1.54, 1.807) is 0 Å². The third-order valence-electron chi connectivity index (χ3n) is 12.5. The molecule has 0 rings (SSSR count). The average Bonchev–Trinajstić information content (AvgIpc) is 3.41. The van der Waals surface area contributed by atoms with Crippen molar-refractivity contribution < 1.29 is 52.2 Å². The molecule has 0 aliphatic carbocycles. The van der Waals surface area contributed by atoms with Crippen LogP contribution in [-0.4, -0.2) is 66.5 Å². The molecule has 0 aliphatic heterocycles. The lowest BCUT2D eigenvalue weighted by Crippen LogP contribution is -2.30. The maximum atomic E-state index is 12.9. The molecule has 3 atom stereocenters. The van der Waals surface area contributed by atoms with E-state index in [9.17, 15) is 28.9 Å². The monoisotopic (exact) mass is 1080 g/mol. The highest BCUT2D eigenvalue weighted by molar-refractivity contribution is 7.47. The summed E-state index contributed by atoms with van der Waals surface area (Å²) in [5, 5.41) is 9.83. The minimum absolute atomic E-state index is 0.142. The lowest BCUT2D eigenvalue weighted by atomic mass is 10.1. The van der Waals surface area contributed by atoms with Crippen LogP contribution >= 0.6 is 7.82 Å². The van der Waals surface area contributed by atoms with Crippen LogP contribution in [0.1, 0.15) is 252 Å². The molecule has 0 saturated carbocycles. The second-order valence-electron chi connectivity index (χ2n) is 19.8. The van der Waals surface area contributed by atoms with Crippen molar-refractivity contribution in [3.63, 3.8) is 0 Å². The summed E-state index contributed by atoms with van der Waals surface area (Å²) in [6, 6.07) is 0. The number of aliphatic hydroxyl groups excluding tert-OH is 1. The summed E-state index contributed by atoms with van der Waals surface area (Å²) >= 11 is 0. The van der Waals surface area contributed by atoms with E-state index in [2.05, 4.69) is 118 Å². The number of rotatable bonds is 55. The van der Waals surface area contributed by atoms with Crippen molar-refractivity contribution in [2.45, 2.75) is 264 Å². The number of phosphoric acid groups is 1. The lowest BCUT2D eigenvalue weighted by molar-refractivity contribution is -0.161. The fourth-order valence-corrected chi connectivity index (χ4v) is 8.66. The van der Waals surface area contributed by atoms with E-state index >= 15 is 0 Å². The van der Waals surface area contributed by atoms with E-state index in [1.807, 2.05) is 0 Å². The summed E-state index contributed by atoms with van der Waals surface area (Å²) in [4.78, 5) is 48.6. The lowest BCUT2D eigenvalue weighted by Gasteiger charge is -2.21. The molecule has 0 aliphatic rings. The molecule has 0 heterocycles. The SMILES string of the molecule is CC/C=C\C/C=C\C/C=C\CCCCCC(=O)OCC(COP(=O)(O)OCC(CO)OC(=O)CCCCCCCCC/C=C\C/C=C\CCCCC)OC(=O)CCCCCCCC/C=C\C/C=C\C/C=C\CCCCC. The number of carbonyl (C=O) groups is 3. The zero-order valence-electron chi connectivity index (χ0n) is 48.2. The number of phosphoric ester groups is 1. The molecule has 3 unspecified atom stereocenters. The van der Waals surface area contributed by atoms with E-state index in [1.165, 1.54) is 64.2 Å². The van der Waals surface area contributed by atoms with Gasteiger partial charge in [-0.2, -0.15) is 0 Å². The van der Waals surface area contributed by atoms with E-state index in [-0.39, 0.29) is 25.9 Å². The van der Waals surface area contributed by atoms with Gasteiger partial charge in [-0.05, 0) is 122 Å². The molecule has 2 N–H and O–H groups in total. The van der Waals surface area contributed by atoms with E-state index in [4.69, 9.17) is 23.3 Å². The van der Waals surface area contributed by atoms with Crippen LogP contribution in [0.25, 0.3) is 0 Å². The van der Waals surface area contributed by atoms with E-state index < -0.39 is 57.8 Å². The van der Waals surface area contributed by atoms with Crippen LogP contribution in [0, 0.1) is 0 Å². The van der Waals surface area contributed by atoms with Crippen molar-refractivity contribution in [3.05, 3.63) is 97.2 Å². The van der Waals surface area contributed by atoms with Gasteiger partial charge in [0, 0.05) is 19.3 Å². The highest BCUT2D eigenvalue weighted by Gasteiger charge is 2.28. The van der Waals surface area contributed by atoms with Crippen LogP contribution in [0.4, 0.5) is 0 Å². The van der Waals surface area contributed by atoms with Crippen LogP contribution in [0.15, 0.2) is 97.2 Å². The Kier molecular flexibility index (Phi) is 54.8. The third kappa shape index (κ3) is 55.2. The first-order chi connectivity index (χ1) is 37.2. The van der Waals surface area contributed by atoms with Crippen molar-refractivity contribution >= 4 is 25.7 Å². The molecule has 0 bridgehead atoms. The molecule has 76 heavy (non-hydrogen) atoms. The predicted octanol–water partition coefficient (Wildman–Crippen LogP) is 18.0. The number of allylic oxidation sites excluding steroid dienone is 16. The summed E-state index contributed by atoms with van der Waals surface area (Å²) in [5.74, 6) is -1.53. The molecule has 0 fully saturated rings. The molecule has 0 aromatic carbocycles. The molecule has 0 aromatic rings. The van der Waals surface area contributed by atoms with Crippen LogP contribution in [0.2, 0.25) is 0 Å². The second kappa shape index (κ2) is 57.6. The molecule has 12 heteroatoms. The Bertz CT molecular complexity index is 1640. The minimum atomic E-state index is -4.77. The third-order valence-corrected chi connectivity index (χ3v) is 13.4. The highest BCUT2D eigenvalue weighted by Crippen LogP contribution is 2.43. The smallest absolute Gasteiger partial charge is 0.462 e. The number of hydrogen-bond acceptors (Lipinski definition) is 10. The predicted molar refractivity (Wildman–Crippen MR) is 316 cm³/mol. The van der Waals surface area contributed by atoms with Gasteiger partial charge in [0.15, 0.2) is 6.10 Å². The first-order valence-electron chi connectivity index (χ1n) is 30.1. The van der Waals surface area contributed by atoms with Crippen molar-refractivity contribution in [1.82, 2.24) is 0 Å². The van der Waals surface area contributed by atoms with Gasteiger partial charge in [0.05, 0.1) is 19.8 Å². The Hall–Kier alpha value is -3.60. The Labute approximate surface area is 463 Å². The number of carbonyl (C=O) groups excluding carboxylic acids is 3. The summed E-state index contributed by atoms with van der Waals surface area (Å²) in [6.07, 6.45) is 67.9. The van der Waals surface area contributed by atoms with Crippen LogP contribution < -0.4 is 0 Å². The molecule has 0 radical (unpaired) electrons. The maximum Gasteiger partial charge on any atom is 0.472 e. The highest BCUT2D eigenvalue weighted by atomic mass is 31.2. The molecule has 0 spiro atoms. The van der Waals surface area contributed by atoms with Crippen molar-refractivity contribution in [2.75, 3.05) is 26.4 Å². The van der Waals surface area contributed by atoms with E-state index in [0.29, 0.717) is 19.3 Å². The fraction of sp³-hybridized carbons (Fsp3) is 0.703. The normalized spacial score (nSPS) is 14.0. The fourth-order valence-electron chi connectivity index (χ4n) is 7.88. The van der Waals surface area contributed by atoms with Gasteiger partial charge in [-0.3, -0.25) is 23.4 Å². The summed E-state index contributed by atoms with van der Waals surface area (Å²) in [7, 11) is -4.77. The summed E-state index contributed by atoms with van der Waals surface area (Å²) in [6.45, 7) is 4.43. The van der Waals surface area contributed by atoms with Crippen LogP contribution in [0.3, 0.4) is 0 Å². The minimum Gasteiger partial charge on any atom is -0.462 e. The average molecular weight is 1090 g/mol. The molecule has 0 amide bonds. The van der Waals surface area contributed by atoms with Crippen molar-refractivity contribution in [3.8, 4) is 0 Å². The molecule has 0 saturated heterocycles. The summed E-state index contributed by atoms with van der Waals surface area (Å²) in [5.41, 5.74) is 0. The zero-order chi connectivity index (χ0) is 55.5. The number of esters is 3. The van der Waals surface area contributed by atoms with Crippen molar-refractivity contribution in [2.24, 2.45) is 0 Å². The van der Waals surface area contributed by atoms with Gasteiger partial charge in [0.2, 0.25) is 0 Å². The number of ether oxygens (including phenoxy) is 3. The molecule has 0 aromatic heterocycles. The quantitative estimate of drug-likeness (QED) is 0.0197. The van der Waals surface area contributed by atoms with Gasteiger partial charge < -0.3 is 24.2 Å². The number of aliphatic hydroxyl groups is 1. The Balaban J connectivity index is 4.75. The molecular formula is C64H109O11P. The van der Waals surface area contributed by atoms with Gasteiger partial charge >= 0.3 is 25.7 Å². The molecule has 11 nitrogen and oxygen atoms in total. The van der Waals surface area contributed by atoms with Gasteiger partial charge in [-0.25, -0.2) is 4.57 Å². The molecule has 436 valence electrons. The Morgan fingerprint density at radius 2 is 0.684 bits per heavy atom. The van der Waals surface area contributed by atoms with Gasteiger partial charge in [-0.15, -0.1) is 0 Å². The van der Waals surface area contributed by atoms with Gasteiger partial charge in [0.1, 0.15) is 12.7 Å². The van der Waals surface area contributed by atoms with Gasteiger partial charge in [0.25, 0.3) is 0 Å². The van der Waals surface area contributed by atoms with Crippen LogP contribution in [0.5, 0.6) is 0 Å². The number of hydrogen-bond donors (Lipinski definition) is 2. The first-order valence-corrected chi connectivity index (χ1v) is 31.6. The Morgan fingerprint density at radius 3 is 1.07 bits per heavy atom. The van der Waals surface area contributed by atoms with Gasteiger partial charge in [-0.1, -0.05) is 208 Å². The number of unbranched alkanes of at least 4 members (excludes halogenated alkanes) is 22. The first kappa shape index (κ1) is 72.4. The Morgan fingerprint density at radius 1 is 0.382 bits per heavy atom. The van der Waals surface area contributed by atoms with Crippen LogP contribution in [-0.2, 0) is 42.2 Å². The topological polar surface area (TPSA) is 155 Å².